The number of carbonyl (C=O) groups excluding carboxylic acids is 1. The molecule has 134 valence electrons. The van der Waals surface area contributed by atoms with Crippen LogP contribution in [0.1, 0.15) is 18.0 Å². The molecule has 0 bridgehead atoms. The zero-order valence-corrected chi connectivity index (χ0v) is 14.5. The van der Waals surface area contributed by atoms with E-state index < -0.39 is 0 Å². The Morgan fingerprint density at radius 2 is 1.74 bits per heavy atom. The third kappa shape index (κ3) is 3.50. The predicted octanol–water partition coefficient (Wildman–Crippen LogP) is 3.32. The normalized spacial score (nSPS) is 16.1. The third-order valence-electron chi connectivity index (χ3n) is 4.45. The van der Waals surface area contributed by atoms with Crippen LogP contribution in [0.15, 0.2) is 89.0 Å². The maximum absolute atomic E-state index is 12.7. The van der Waals surface area contributed by atoms with Crippen molar-refractivity contribution in [1.29, 1.82) is 0 Å². The van der Waals surface area contributed by atoms with Crippen LogP contribution in [0.5, 0.6) is 0 Å². The minimum Gasteiger partial charge on any atom is -0.366 e. The monoisotopic (exact) mass is 358 g/mol. The lowest BCUT2D eigenvalue weighted by Gasteiger charge is -2.23. The first kappa shape index (κ1) is 16.8. The molecule has 1 aliphatic rings. The first-order chi connectivity index (χ1) is 13.2. The van der Waals surface area contributed by atoms with E-state index in [1.165, 1.54) is 18.5 Å². The summed E-state index contributed by atoms with van der Waals surface area (Å²) >= 11 is 0. The van der Waals surface area contributed by atoms with Gasteiger partial charge in [0.25, 0.3) is 5.91 Å². The van der Waals surface area contributed by atoms with Crippen molar-refractivity contribution in [2.24, 2.45) is 5.10 Å². The zero-order chi connectivity index (χ0) is 18.6. The molecule has 0 spiro atoms. The standard InChI is InChI=1S/C21H18N4O2/c26-20-11-12-22-14-18(20)23-21(27)17-13-19(15-7-3-1-4-8-15)25(24-17)16-9-5-2-6-10-16/h1-12,14,19H,13H2,(H,22,26)(H,23,27)/t19-/m0/s1. The van der Waals surface area contributed by atoms with E-state index in [4.69, 9.17) is 0 Å². The molecule has 1 aromatic heterocycles. The number of aromatic nitrogens is 1. The fourth-order valence-corrected chi connectivity index (χ4v) is 3.11. The van der Waals surface area contributed by atoms with Crippen LogP contribution in [0.3, 0.4) is 0 Å². The van der Waals surface area contributed by atoms with Crippen LogP contribution < -0.4 is 15.8 Å². The molecule has 0 unspecified atom stereocenters. The summed E-state index contributed by atoms with van der Waals surface area (Å²) in [6.07, 6.45) is 3.45. The van der Waals surface area contributed by atoms with Crippen molar-refractivity contribution in [1.82, 2.24) is 4.98 Å². The molecule has 2 N–H and O–H groups in total. The van der Waals surface area contributed by atoms with Gasteiger partial charge in [-0.15, -0.1) is 0 Å². The highest BCUT2D eigenvalue weighted by molar-refractivity contribution is 6.43. The number of amides is 1. The molecular formula is C21H18N4O2. The van der Waals surface area contributed by atoms with Crippen LogP contribution in [0.2, 0.25) is 0 Å². The van der Waals surface area contributed by atoms with E-state index in [0.717, 1.165) is 11.3 Å². The lowest BCUT2D eigenvalue weighted by molar-refractivity contribution is -0.110. The molecule has 1 aliphatic heterocycles. The van der Waals surface area contributed by atoms with E-state index in [0.29, 0.717) is 12.1 Å². The van der Waals surface area contributed by atoms with E-state index in [2.05, 4.69) is 15.4 Å². The molecular weight excluding hydrogens is 340 g/mol. The number of nitrogens with zero attached hydrogens (tertiary/aromatic N) is 2. The number of aromatic amines is 1. The van der Waals surface area contributed by atoms with Gasteiger partial charge in [-0.2, -0.15) is 5.10 Å². The molecule has 1 amide bonds. The summed E-state index contributed by atoms with van der Waals surface area (Å²) in [5, 5.41) is 9.08. The van der Waals surface area contributed by atoms with Gasteiger partial charge in [0.15, 0.2) is 0 Å². The van der Waals surface area contributed by atoms with Crippen LogP contribution >= 0.6 is 0 Å². The van der Waals surface area contributed by atoms with E-state index in [-0.39, 0.29) is 23.1 Å². The fourth-order valence-electron chi connectivity index (χ4n) is 3.11. The van der Waals surface area contributed by atoms with Gasteiger partial charge in [0, 0.05) is 24.9 Å². The van der Waals surface area contributed by atoms with E-state index in [9.17, 15) is 9.59 Å². The largest absolute Gasteiger partial charge is 0.366 e. The van der Waals surface area contributed by atoms with Gasteiger partial charge in [-0.1, -0.05) is 48.5 Å². The van der Waals surface area contributed by atoms with Crippen molar-refractivity contribution in [3.8, 4) is 0 Å². The Morgan fingerprint density at radius 1 is 1.04 bits per heavy atom. The molecule has 6 heteroatoms. The van der Waals surface area contributed by atoms with Crippen molar-refractivity contribution in [2.45, 2.75) is 12.5 Å². The number of H-pyrrole nitrogens is 1. The van der Waals surface area contributed by atoms with Crippen LogP contribution in [0, 0.1) is 0 Å². The summed E-state index contributed by atoms with van der Waals surface area (Å²) in [4.78, 5) is 27.4. The molecule has 2 heterocycles. The van der Waals surface area contributed by atoms with E-state index >= 15 is 0 Å². The SMILES string of the molecule is O=C(Nc1c[nH]ccc1=O)C1=NN(c2ccccc2)[C@H](c2ccccc2)C1. The Hall–Kier alpha value is -3.67. The summed E-state index contributed by atoms with van der Waals surface area (Å²) < 4.78 is 0. The summed E-state index contributed by atoms with van der Waals surface area (Å²) in [6.45, 7) is 0. The Kier molecular flexibility index (Phi) is 4.53. The highest BCUT2D eigenvalue weighted by atomic mass is 16.2. The molecule has 0 fully saturated rings. The number of hydrogen-bond acceptors (Lipinski definition) is 4. The van der Waals surface area contributed by atoms with Crippen LogP contribution in [0.4, 0.5) is 11.4 Å². The predicted molar refractivity (Wildman–Crippen MR) is 106 cm³/mol. The molecule has 2 aromatic carbocycles. The molecule has 6 nitrogen and oxygen atoms in total. The Morgan fingerprint density at radius 3 is 2.44 bits per heavy atom. The lowest BCUT2D eigenvalue weighted by Crippen LogP contribution is -2.25. The molecule has 4 rings (SSSR count). The average molecular weight is 358 g/mol. The first-order valence-electron chi connectivity index (χ1n) is 8.67. The maximum atomic E-state index is 12.7. The van der Waals surface area contributed by atoms with E-state index in [1.54, 1.807) is 0 Å². The number of hydrogen-bond donors (Lipinski definition) is 2. The number of hydrazone groups is 1. The van der Waals surface area contributed by atoms with Crippen molar-refractivity contribution < 1.29 is 4.79 Å². The first-order valence-corrected chi connectivity index (χ1v) is 8.67. The molecule has 3 aromatic rings. The van der Waals surface area contributed by atoms with Crippen molar-refractivity contribution in [2.75, 3.05) is 10.3 Å². The number of pyridine rings is 1. The van der Waals surface area contributed by atoms with E-state index in [1.807, 2.05) is 65.7 Å². The van der Waals surface area contributed by atoms with Gasteiger partial charge in [0.1, 0.15) is 11.4 Å². The van der Waals surface area contributed by atoms with Gasteiger partial charge in [0.05, 0.1) is 11.7 Å². The molecule has 27 heavy (non-hydrogen) atoms. The van der Waals surface area contributed by atoms with Crippen LogP contribution in [0.25, 0.3) is 0 Å². The number of carbonyl (C=O) groups is 1. The third-order valence-corrected chi connectivity index (χ3v) is 4.45. The molecule has 0 saturated heterocycles. The second-order valence-electron chi connectivity index (χ2n) is 6.23. The molecule has 0 radical (unpaired) electrons. The van der Waals surface area contributed by atoms with Gasteiger partial charge in [-0.25, -0.2) is 0 Å². The fraction of sp³-hybridized carbons (Fsp3) is 0.0952. The quantitative estimate of drug-likeness (QED) is 0.751. The second-order valence-corrected chi connectivity index (χ2v) is 6.23. The summed E-state index contributed by atoms with van der Waals surface area (Å²) in [5.41, 5.74) is 2.33. The minimum atomic E-state index is -0.369. The Labute approximate surface area is 156 Å². The summed E-state index contributed by atoms with van der Waals surface area (Å²) in [6, 6.07) is 21.0. The van der Waals surface area contributed by atoms with Crippen molar-refractivity contribution >= 4 is 23.0 Å². The Bertz CT molecular complexity index is 1030. The van der Waals surface area contributed by atoms with Gasteiger partial charge in [-0.05, 0) is 17.7 Å². The zero-order valence-electron chi connectivity index (χ0n) is 14.5. The van der Waals surface area contributed by atoms with Gasteiger partial charge >= 0.3 is 0 Å². The topological polar surface area (TPSA) is 77.6 Å². The number of benzene rings is 2. The summed E-state index contributed by atoms with van der Waals surface area (Å²) in [7, 11) is 0. The van der Waals surface area contributed by atoms with Gasteiger partial charge in [-0.3, -0.25) is 14.6 Å². The lowest BCUT2D eigenvalue weighted by atomic mass is 10.0. The van der Waals surface area contributed by atoms with Gasteiger partial charge < -0.3 is 10.3 Å². The van der Waals surface area contributed by atoms with Crippen molar-refractivity contribution in [3.63, 3.8) is 0 Å². The minimum absolute atomic E-state index is 0.0802. The van der Waals surface area contributed by atoms with Gasteiger partial charge in [0.2, 0.25) is 5.43 Å². The number of nitrogens with one attached hydrogen (secondary N) is 2. The summed E-state index contributed by atoms with van der Waals surface area (Å²) in [5.74, 6) is -0.369. The average Bonchev–Trinajstić information content (AvgIpc) is 3.17. The smallest absolute Gasteiger partial charge is 0.272 e. The highest BCUT2D eigenvalue weighted by Crippen LogP contribution is 2.35. The number of anilines is 2. The number of para-hydroxylation sites is 1. The highest BCUT2D eigenvalue weighted by Gasteiger charge is 2.32. The number of rotatable bonds is 4. The maximum Gasteiger partial charge on any atom is 0.272 e. The van der Waals surface area contributed by atoms with Crippen LogP contribution in [-0.2, 0) is 4.79 Å². The molecule has 0 saturated carbocycles. The van der Waals surface area contributed by atoms with Crippen LogP contribution in [-0.4, -0.2) is 16.6 Å². The molecule has 0 aliphatic carbocycles. The van der Waals surface area contributed by atoms with Crippen molar-refractivity contribution in [3.05, 3.63) is 94.9 Å². The second kappa shape index (κ2) is 7.29. The Balaban J connectivity index is 1.64. The molecule has 1 atom stereocenters.